The number of fused-ring (bicyclic) bond motifs is 1. The SMILES string of the molecule is Cc1cc(-c2ccc3oc(C4CCCN4S(=O)(=O)Cc4ccccc4)nc3c2)ccc1F. The van der Waals surface area contributed by atoms with Gasteiger partial charge < -0.3 is 4.42 Å². The van der Waals surface area contributed by atoms with Crippen molar-refractivity contribution in [2.75, 3.05) is 6.54 Å². The van der Waals surface area contributed by atoms with E-state index < -0.39 is 16.1 Å². The van der Waals surface area contributed by atoms with E-state index in [4.69, 9.17) is 4.42 Å². The van der Waals surface area contributed by atoms with E-state index >= 15 is 0 Å². The summed E-state index contributed by atoms with van der Waals surface area (Å²) < 4.78 is 47.4. The predicted molar refractivity (Wildman–Crippen MR) is 122 cm³/mol. The molecule has 1 atom stereocenters. The second kappa shape index (κ2) is 8.15. The van der Waals surface area contributed by atoms with Crippen LogP contribution in [0.4, 0.5) is 4.39 Å². The van der Waals surface area contributed by atoms with Crippen molar-refractivity contribution in [2.45, 2.75) is 31.6 Å². The number of benzene rings is 3. The lowest BCUT2D eigenvalue weighted by Gasteiger charge is -2.21. The lowest BCUT2D eigenvalue weighted by molar-refractivity contribution is 0.337. The summed E-state index contributed by atoms with van der Waals surface area (Å²) in [4.78, 5) is 4.64. The molecule has 0 N–H and O–H groups in total. The molecular formula is C25H23FN2O3S. The lowest BCUT2D eigenvalue weighted by atomic mass is 10.0. The first kappa shape index (κ1) is 20.8. The Labute approximate surface area is 186 Å². The fourth-order valence-corrected chi connectivity index (χ4v) is 6.05. The van der Waals surface area contributed by atoms with Gasteiger partial charge in [0.2, 0.25) is 15.9 Å². The third kappa shape index (κ3) is 3.94. The van der Waals surface area contributed by atoms with Crippen LogP contribution in [0.5, 0.6) is 0 Å². The summed E-state index contributed by atoms with van der Waals surface area (Å²) in [6.45, 7) is 2.19. The predicted octanol–water partition coefficient (Wildman–Crippen LogP) is 5.61. The van der Waals surface area contributed by atoms with E-state index in [0.29, 0.717) is 35.5 Å². The van der Waals surface area contributed by atoms with Crippen molar-refractivity contribution in [1.82, 2.24) is 9.29 Å². The molecule has 1 aliphatic rings. The summed E-state index contributed by atoms with van der Waals surface area (Å²) in [5.74, 6) is 0.136. The van der Waals surface area contributed by atoms with Gasteiger partial charge in [-0.05, 0) is 66.3 Å². The number of oxazole rings is 1. The van der Waals surface area contributed by atoms with E-state index in [0.717, 1.165) is 23.1 Å². The molecule has 0 radical (unpaired) electrons. The van der Waals surface area contributed by atoms with Crippen molar-refractivity contribution >= 4 is 21.1 Å². The Bertz CT molecular complexity index is 1380. The number of nitrogens with zero attached hydrogens (tertiary/aromatic N) is 2. The first-order valence-corrected chi connectivity index (χ1v) is 12.2. The maximum Gasteiger partial charge on any atom is 0.219 e. The minimum atomic E-state index is -3.51. The lowest BCUT2D eigenvalue weighted by Crippen LogP contribution is -2.31. The molecule has 0 amide bonds. The normalized spacial score (nSPS) is 17.2. The zero-order valence-electron chi connectivity index (χ0n) is 17.7. The second-order valence-corrected chi connectivity index (χ2v) is 10.1. The van der Waals surface area contributed by atoms with Crippen LogP contribution in [0, 0.1) is 12.7 Å². The Morgan fingerprint density at radius 3 is 2.59 bits per heavy atom. The zero-order valence-corrected chi connectivity index (χ0v) is 18.5. The van der Waals surface area contributed by atoms with Crippen LogP contribution in [0.1, 0.15) is 35.9 Å². The maximum absolute atomic E-state index is 13.6. The molecule has 1 saturated heterocycles. The van der Waals surface area contributed by atoms with Gasteiger partial charge in [-0.3, -0.25) is 0 Å². The van der Waals surface area contributed by atoms with Crippen molar-refractivity contribution in [1.29, 1.82) is 0 Å². The van der Waals surface area contributed by atoms with Crippen molar-refractivity contribution in [2.24, 2.45) is 0 Å². The van der Waals surface area contributed by atoms with Gasteiger partial charge in [-0.25, -0.2) is 17.8 Å². The van der Waals surface area contributed by atoms with Gasteiger partial charge in [0.1, 0.15) is 17.4 Å². The van der Waals surface area contributed by atoms with Crippen LogP contribution in [-0.4, -0.2) is 24.3 Å². The molecule has 0 spiro atoms. The number of aromatic nitrogens is 1. The van der Waals surface area contributed by atoms with E-state index in [1.54, 1.807) is 19.1 Å². The minimum Gasteiger partial charge on any atom is -0.439 e. The van der Waals surface area contributed by atoms with Gasteiger partial charge in [-0.1, -0.05) is 42.5 Å². The van der Waals surface area contributed by atoms with Crippen LogP contribution in [0.3, 0.4) is 0 Å². The van der Waals surface area contributed by atoms with Gasteiger partial charge in [0.25, 0.3) is 0 Å². The Hall–Kier alpha value is -3.03. The molecule has 4 aromatic rings. The molecule has 3 aromatic carbocycles. The van der Waals surface area contributed by atoms with Crippen LogP contribution >= 0.6 is 0 Å². The molecular weight excluding hydrogens is 427 g/mol. The van der Waals surface area contributed by atoms with E-state index in [-0.39, 0.29) is 11.6 Å². The van der Waals surface area contributed by atoms with Crippen molar-refractivity contribution in [3.05, 3.63) is 89.6 Å². The van der Waals surface area contributed by atoms with Gasteiger partial charge in [0.15, 0.2) is 5.58 Å². The molecule has 1 aromatic heterocycles. The number of aryl methyl sites for hydroxylation is 1. The van der Waals surface area contributed by atoms with Gasteiger partial charge in [-0.2, -0.15) is 4.31 Å². The minimum absolute atomic E-state index is 0.0430. The molecule has 164 valence electrons. The molecule has 0 saturated carbocycles. The highest BCUT2D eigenvalue weighted by atomic mass is 32.2. The fraction of sp³-hybridized carbons (Fsp3) is 0.240. The van der Waals surface area contributed by atoms with Gasteiger partial charge in [0, 0.05) is 6.54 Å². The monoisotopic (exact) mass is 450 g/mol. The van der Waals surface area contributed by atoms with E-state index in [9.17, 15) is 12.8 Å². The largest absolute Gasteiger partial charge is 0.439 e. The van der Waals surface area contributed by atoms with E-state index in [2.05, 4.69) is 4.98 Å². The first-order valence-electron chi connectivity index (χ1n) is 10.6. The molecule has 1 aliphatic heterocycles. The smallest absolute Gasteiger partial charge is 0.219 e. The highest BCUT2D eigenvalue weighted by Crippen LogP contribution is 2.37. The van der Waals surface area contributed by atoms with Crippen molar-refractivity contribution in [3.63, 3.8) is 0 Å². The molecule has 5 rings (SSSR count). The third-order valence-corrected chi connectivity index (χ3v) is 7.78. The van der Waals surface area contributed by atoms with Gasteiger partial charge >= 0.3 is 0 Å². The molecule has 1 unspecified atom stereocenters. The second-order valence-electron chi connectivity index (χ2n) is 8.21. The highest BCUT2D eigenvalue weighted by molar-refractivity contribution is 7.88. The summed E-state index contributed by atoms with van der Waals surface area (Å²) in [5.41, 5.74) is 4.40. The third-order valence-electron chi connectivity index (χ3n) is 5.93. The van der Waals surface area contributed by atoms with Crippen LogP contribution in [0.25, 0.3) is 22.2 Å². The zero-order chi connectivity index (χ0) is 22.3. The van der Waals surface area contributed by atoms with E-state index in [1.807, 2.05) is 48.5 Å². The van der Waals surface area contributed by atoms with Crippen LogP contribution in [0.2, 0.25) is 0 Å². The van der Waals surface area contributed by atoms with Crippen molar-refractivity contribution in [3.8, 4) is 11.1 Å². The summed E-state index contributed by atoms with van der Waals surface area (Å²) in [7, 11) is -3.51. The summed E-state index contributed by atoms with van der Waals surface area (Å²) in [6.07, 6.45) is 1.43. The average Bonchev–Trinajstić information content (AvgIpc) is 3.43. The fourth-order valence-electron chi connectivity index (χ4n) is 4.28. The maximum atomic E-state index is 13.6. The summed E-state index contributed by atoms with van der Waals surface area (Å²) in [6, 6.07) is 19.4. The van der Waals surface area contributed by atoms with Gasteiger partial charge in [-0.15, -0.1) is 0 Å². The molecule has 32 heavy (non-hydrogen) atoms. The summed E-state index contributed by atoms with van der Waals surface area (Å²) >= 11 is 0. The number of rotatable bonds is 5. The number of sulfonamides is 1. The summed E-state index contributed by atoms with van der Waals surface area (Å²) in [5, 5.41) is 0. The van der Waals surface area contributed by atoms with Crippen LogP contribution in [0.15, 0.2) is 71.1 Å². The molecule has 0 bridgehead atoms. The average molecular weight is 451 g/mol. The van der Waals surface area contributed by atoms with E-state index in [1.165, 1.54) is 10.4 Å². The van der Waals surface area contributed by atoms with Crippen molar-refractivity contribution < 1.29 is 17.2 Å². The Balaban J connectivity index is 1.45. The Kier molecular flexibility index (Phi) is 5.31. The number of hydrogen-bond acceptors (Lipinski definition) is 4. The quantitative estimate of drug-likeness (QED) is 0.397. The molecule has 2 heterocycles. The number of hydrogen-bond donors (Lipinski definition) is 0. The topological polar surface area (TPSA) is 63.4 Å². The first-order chi connectivity index (χ1) is 15.4. The Morgan fingerprint density at radius 1 is 1.06 bits per heavy atom. The molecule has 1 fully saturated rings. The molecule has 0 aliphatic carbocycles. The van der Waals surface area contributed by atoms with Crippen LogP contribution in [-0.2, 0) is 15.8 Å². The standard InChI is InChI=1S/C25H23FN2O3S/c1-17-14-19(9-11-21(17)26)20-10-12-24-22(15-20)27-25(31-24)23-8-5-13-28(23)32(29,30)16-18-6-3-2-4-7-18/h2-4,6-7,9-12,14-15,23H,5,8,13,16H2,1H3. The molecule has 5 nitrogen and oxygen atoms in total. The van der Waals surface area contributed by atoms with Gasteiger partial charge in [0.05, 0.1) is 5.75 Å². The molecule has 7 heteroatoms. The highest BCUT2D eigenvalue weighted by Gasteiger charge is 2.38. The Morgan fingerprint density at radius 2 is 1.81 bits per heavy atom. The van der Waals surface area contributed by atoms with Crippen LogP contribution < -0.4 is 0 Å². The number of halogens is 1.